The van der Waals surface area contributed by atoms with E-state index < -0.39 is 0 Å². The maximum atomic E-state index is 5.97. The number of nitrogens with two attached hydrogens (primary N) is 1. The zero-order chi connectivity index (χ0) is 14.1. The van der Waals surface area contributed by atoms with Crippen LogP contribution in [0.2, 0.25) is 10.0 Å². The molecule has 20 heavy (non-hydrogen) atoms. The SMILES string of the molecule is Nc1nc(-c2nc(Cc3ccc(Cl)c(Cl)c3)no2)cs1. The Bertz CT molecular complexity index is 756. The minimum absolute atomic E-state index is 0.355. The van der Waals surface area contributed by atoms with Gasteiger partial charge in [0.1, 0.15) is 5.69 Å². The molecule has 102 valence electrons. The van der Waals surface area contributed by atoms with Gasteiger partial charge in [0, 0.05) is 11.8 Å². The molecular formula is C12H8Cl2N4OS. The number of hydrogen-bond acceptors (Lipinski definition) is 6. The Kier molecular flexibility index (Phi) is 3.60. The molecule has 0 saturated carbocycles. The number of hydrogen-bond donors (Lipinski definition) is 1. The van der Waals surface area contributed by atoms with Gasteiger partial charge in [0.15, 0.2) is 11.0 Å². The van der Waals surface area contributed by atoms with Gasteiger partial charge < -0.3 is 10.3 Å². The van der Waals surface area contributed by atoms with E-state index in [1.54, 1.807) is 17.5 Å². The number of thiazole rings is 1. The monoisotopic (exact) mass is 326 g/mol. The summed E-state index contributed by atoms with van der Waals surface area (Å²) in [6.45, 7) is 0. The predicted octanol–water partition coefficient (Wildman–Crippen LogP) is 3.67. The minimum Gasteiger partial charge on any atom is -0.375 e. The third kappa shape index (κ3) is 2.77. The van der Waals surface area contributed by atoms with E-state index >= 15 is 0 Å². The first-order chi connectivity index (χ1) is 9.61. The smallest absolute Gasteiger partial charge is 0.277 e. The molecule has 0 unspecified atom stereocenters. The average Bonchev–Trinajstić information content (AvgIpc) is 3.03. The van der Waals surface area contributed by atoms with Crippen LogP contribution in [0.3, 0.4) is 0 Å². The van der Waals surface area contributed by atoms with Gasteiger partial charge in [-0.3, -0.25) is 0 Å². The zero-order valence-electron chi connectivity index (χ0n) is 10.0. The number of benzene rings is 1. The van der Waals surface area contributed by atoms with Gasteiger partial charge in [-0.1, -0.05) is 34.4 Å². The fourth-order valence-electron chi connectivity index (χ4n) is 1.65. The third-order valence-electron chi connectivity index (χ3n) is 2.56. The highest BCUT2D eigenvalue weighted by Gasteiger charge is 2.12. The maximum absolute atomic E-state index is 5.97. The Hall–Kier alpha value is -1.63. The molecule has 2 heterocycles. The van der Waals surface area contributed by atoms with Gasteiger partial charge in [-0.25, -0.2) is 4.98 Å². The van der Waals surface area contributed by atoms with Crippen LogP contribution in [-0.4, -0.2) is 15.1 Å². The summed E-state index contributed by atoms with van der Waals surface area (Å²) in [6, 6.07) is 5.38. The van der Waals surface area contributed by atoms with Gasteiger partial charge in [0.25, 0.3) is 5.89 Å². The molecule has 3 aromatic rings. The van der Waals surface area contributed by atoms with Crippen molar-refractivity contribution in [2.45, 2.75) is 6.42 Å². The van der Waals surface area contributed by atoms with Crippen molar-refractivity contribution in [2.75, 3.05) is 5.73 Å². The number of anilines is 1. The Morgan fingerprint density at radius 3 is 2.75 bits per heavy atom. The largest absolute Gasteiger partial charge is 0.375 e. The molecule has 0 aliphatic carbocycles. The number of halogens is 2. The highest BCUT2D eigenvalue weighted by atomic mass is 35.5. The molecule has 0 spiro atoms. The summed E-state index contributed by atoms with van der Waals surface area (Å²) in [5.41, 5.74) is 7.10. The van der Waals surface area contributed by atoms with Crippen LogP contribution in [0, 0.1) is 0 Å². The van der Waals surface area contributed by atoms with Crippen molar-refractivity contribution in [2.24, 2.45) is 0 Å². The van der Waals surface area contributed by atoms with E-state index in [4.69, 9.17) is 33.5 Å². The zero-order valence-corrected chi connectivity index (χ0v) is 12.3. The van der Waals surface area contributed by atoms with Crippen LogP contribution in [0.5, 0.6) is 0 Å². The second-order valence-electron chi connectivity index (χ2n) is 4.01. The maximum Gasteiger partial charge on any atom is 0.277 e. The predicted molar refractivity (Wildman–Crippen MR) is 79.1 cm³/mol. The summed E-state index contributed by atoms with van der Waals surface area (Å²) in [7, 11) is 0. The summed E-state index contributed by atoms with van der Waals surface area (Å²) >= 11 is 13.2. The van der Waals surface area contributed by atoms with E-state index in [0.717, 1.165) is 5.56 Å². The second kappa shape index (κ2) is 5.40. The summed E-state index contributed by atoms with van der Waals surface area (Å²) in [5, 5.41) is 7.16. The van der Waals surface area contributed by atoms with Gasteiger partial charge in [0.2, 0.25) is 0 Å². The van der Waals surface area contributed by atoms with Gasteiger partial charge >= 0.3 is 0 Å². The molecule has 0 radical (unpaired) electrons. The normalized spacial score (nSPS) is 10.9. The fraction of sp³-hybridized carbons (Fsp3) is 0.0833. The summed E-state index contributed by atoms with van der Waals surface area (Å²) in [4.78, 5) is 8.36. The number of aromatic nitrogens is 3. The fourth-order valence-corrected chi connectivity index (χ4v) is 2.51. The van der Waals surface area contributed by atoms with Crippen molar-refractivity contribution >= 4 is 39.7 Å². The van der Waals surface area contributed by atoms with Crippen molar-refractivity contribution in [3.05, 3.63) is 45.0 Å². The molecule has 3 rings (SSSR count). The first-order valence-electron chi connectivity index (χ1n) is 5.60. The molecule has 0 aliphatic heterocycles. The van der Waals surface area contributed by atoms with E-state index in [1.807, 2.05) is 6.07 Å². The molecule has 2 aromatic heterocycles. The molecule has 2 N–H and O–H groups in total. The lowest BCUT2D eigenvalue weighted by Crippen LogP contribution is -1.91. The van der Waals surface area contributed by atoms with Crippen LogP contribution < -0.4 is 5.73 Å². The molecule has 0 amide bonds. The van der Waals surface area contributed by atoms with Crippen molar-refractivity contribution in [3.63, 3.8) is 0 Å². The summed E-state index contributed by atoms with van der Waals surface area (Å²) in [6.07, 6.45) is 0.500. The quantitative estimate of drug-likeness (QED) is 0.794. The van der Waals surface area contributed by atoms with Crippen LogP contribution in [0.25, 0.3) is 11.6 Å². The van der Waals surface area contributed by atoms with Crippen LogP contribution in [0.15, 0.2) is 28.1 Å². The highest BCUT2D eigenvalue weighted by molar-refractivity contribution is 7.13. The number of nitrogens with zero attached hydrogens (tertiary/aromatic N) is 3. The van der Waals surface area contributed by atoms with E-state index in [0.29, 0.717) is 39.0 Å². The Balaban J connectivity index is 1.82. The van der Waals surface area contributed by atoms with Crippen molar-refractivity contribution in [3.8, 4) is 11.6 Å². The first-order valence-corrected chi connectivity index (χ1v) is 7.23. The van der Waals surface area contributed by atoms with Crippen LogP contribution in [-0.2, 0) is 6.42 Å². The Morgan fingerprint density at radius 2 is 2.05 bits per heavy atom. The van der Waals surface area contributed by atoms with E-state index in [1.165, 1.54) is 11.3 Å². The Morgan fingerprint density at radius 1 is 1.20 bits per heavy atom. The lowest BCUT2D eigenvalue weighted by atomic mass is 10.1. The van der Waals surface area contributed by atoms with Gasteiger partial charge in [-0.2, -0.15) is 4.98 Å². The summed E-state index contributed by atoms with van der Waals surface area (Å²) < 4.78 is 5.16. The number of nitrogen functional groups attached to an aromatic ring is 1. The molecule has 0 saturated heterocycles. The van der Waals surface area contributed by atoms with Gasteiger partial charge in [-0.15, -0.1) is 11.3 Å². The molecule has 0 fully saturated rings. The van der Waals surface area contributed by atoms with Crippen molar-refractivity contribution in [1.82, 2.24) is 15.1 Å². The van der Waals surface area contributed by atoms with E-state index in [9.17, 15) is 0 Å². The lowest BCUT2D eigenvalue weighted by Gasteiger charge is -1.99. The molecular weight excluding hydrogens is 319 g/mol. The first kappa shape index (κ1) is 13.4. The molecule has 0 bridgehead atoms. The van der Waals surface area contributed by atoms with E-state index in [-0.39, 0.29) is 0 Å². The second-order valence-corrected chi connectivity index (χ2v) is 5.72. The highest BCUT2D eigenvalue weighted by Crippen LogP contribution is 2.25. The molecule has 8 heteroatoms. The van der Waals surface area contributed by atoms with Crippen molar-refractivity contribution < 1.29 is 4.52 Å². The van der Waals surface area contributed by atoms with Crippen molar-refractivity contribution in [1.29, 1.82) is 0 Å². The standard InChI is InChI=1S/C12H8Cl2N4OS/c13-7-2-1-6(3-8(7)14)4-10-17-11(19-18-10)9-5-20-12(15)16-9/h1-3,5H,4H2,(H2,15,16). The third-order valence-corrected chi connectivity index (χ3v) is 3.97. The van der Waals surface area contributed by atoms with Crippen LogP contribution >= 0.6 is 34.5 Å². The molecule has 5 nitrogen and oxygen atoms in total. The van der Waals surface area contributed by atoms with Gasteiger partial charge in [-0.05, 0) is 17.7 Å². The van der Waals surface area contributed by atoms with Crippen LogP contribution in [0.1, 0.15) is 11.4 Å². The average molecular weight is 327 g/mol. The molecule has 0 atom stereocenters. The minimum atomic E-state index is 0.355. The van der Waals surface area contributed by atoms with Crippen LogP contribution in [0.4, 0.5) is 5.13 Å². The lowest BCUT2D eigenvalue weighted by molar-refractivity contribution is 0.423. The van der Waals surface area contributed by atoms with E-state index in [2.05, 4.69) is 15.1 Å². The molecule has 0 aliphatic rings. The topological polar surface area (TPSA) is 77.8 Å². The van der Waals surface area contributed by atoms with Gasteiger partial charge in [0.05, 0.1) is 10.0 Å². The summed E-state index contributed by atoms with van der Waals surface area (Å²) in [5.74, 6) is 0.901. The number of rotatable bonds is 3. The Labute approximate surface area is 128 Å². The molecule has 1 aromatic carbocycles.